The van der Waals surface area contributed by atoms with Crippen LogP contribution in [0.3, 0.4) is 0 Å². The summed E-state index contributed by atoms with van der Waals surface area (Å²) in [4.78, 5) is 13.3. The zero-order valence-electron chi connectivity index (χ0n) is 15.2. The Morgan fingerprint density at radius 1 is 1.00 bits per heavy atom. The molecule has 1 N–H and O–H groups in total. The van der Waals surface area contributed by atoms with E-state index < -0.39 is 0 Å². The molecule has 0 amide bonds. The van der Waals surface area contributed by atoms with Crippen LogP contribution >= 0.6 is 0 Å². The van der Waals surface area contributed by atoms with Crippen LogP contribution in [0, 0.1) is 0 Å². The minimum Gasteiger partial charge on any atom is -0.378 e. The van der Waals surface area contributed by atoms with Crippen LogP contribution in [0.25, 0.3) is 0 Å². The van der Waals surface area contributed by atoms with Crippen molar-refractivity contribution in [3.8, 4) is 0 Å². The Kier molecular flexibility index (Phi) is 4.44. The Hall–Kier alpha value is -3.08. The molecule has 132 valence electrons. The molecule has 5 nitrogen and oxygen atoms in total. The Labute approximate surface area is 154 Å². The molecule has 0 radical (unpaired) electrons. The van der Waals surface area contributed by atoms with Crippen LogP contribution in [0.5, 0.6) is 0 Å². The predicted octanol–water partition coefficient (Wildman–Crippen LogP) is 4.37. The van der Waals surface area contributed by atoms with E-state index in [2.05, 4.69) is 73.6 Å². The van der Waals surface area contributed by atoms with Gasteiger partial charge in [-0.05, 0) is 48.7 Å². The van der Waals surface area contributed by atoms with Crippen LogP contribution in [0.4, 0.5) is 28.7 Å². The van der Waals surface area contributed by atoms with Crippen molar-refractivity contribution in [1.29, 1.82) is 0 Å². The summed E-state index contributed by atoms with van der Waals surface area (Å²) in [6.07, 6.45) is 3.89. The molecule has 0 fully saturated rings. The van der Waals surface area contributed by atoms with Crippen molar-refractivity contribution >= 4 is 28.7 Å². The van der Waals surface area contributed by atoms with Crippen molar-refractivity contribution in [1.82, 2.24) is 9.97 Å². The van der Waals surface area contributed by atoms with Gasteiger partial charge < -0.3 is 15.1 Å². The summed E-state index contributed by atoms with van der Waals surface area (Å²) in [5.74, 6) is 1.73. The van der Waals surface area contributed by atoms with Gasteiger partial charge in [0.1, 0.15) is 18.0 Å². The minimum absolute atomic E-state index is 0.802. The van der Waals surface area contributed by atoms with Gasteiger partial charge in [0.25, 0.3) is 0 Å². The van der Waals surface area contributed by atoms with E-state index in [1.54, 1.807) is 6.33 Å². The molecule has 3 aromatic rings. The number of nitrogens with zero attached hydrogens (tertiary/aromatic N) is 4. The molecule has 0 saturated carbocycles. The number of anilines is 5. The molecular formula is C21H23N5. The van der Waals surface area contributed by atoms with E-state index in [-0.39, 0.29) is 0 Å². The largest absolute Gasteiger partial charge is 0.378 e. The standard InChI is InChI=1S/C21H23N5/c1-25(2)18-11-9-17(10-12-18)24-20-14-21(23-15-22-20)26-13-5-7-16-6-3-4-8-19(16)26/h3-4,6,8-12,14-15H,5,7,13H2,1-2H3,(H,22,23,24). The average Bonchev–Trinajstić information content (AvgIpc) is 2.68. The Morgan fingerprint density at radius 2 is 1.81 bits per heavy atom. The number of aromatic nitrogens is 2. The average molecular weight is 345 g/mol. The number of hydrogen-bond acceptors (Lipinski definition) is 5. The van der Waals surface area contributed by atoms with Crippen LogP contribution in [0.15, 0.2) is 60.9 Å². The van der Waals surface area contributed by atoms with Gasteiger partial charge in [-0.1, -0.05) is 18.2 Å². The number of nitrogens with one attached hydrogen (secondary N) is 1. The Morgan fingerprint density at radius 3 is 2.62 bits per heavy atom. The quantitative estimate of drug-likeness (QED) is 0.761. The zero-order valence-corrected chi connectivity index (χ0v) is 15.2. The summed E-state index contributed by atoms with van der Waals surface area (Å²) in [5, 5.41) is 3.38. The highest BCUT2D eigenvalue weighted by Gasteiger charge is 2.19. The van der Waals surface area contributed by atoms with Crippen molar-refractivity contribution < 1.29 is 0 Å². The van der Waals surface area contributed by atoms with E-state index in [0.717, 1.165) is 36.7 Å². The Balaban J connectivity index is 1.58. The van der Waals surface area contributed by atoms with Gasteiger partial charge in [-0.3, -0.25) is 0 Å². The highest BCUT2D eigenvalue weighted by molar-refractivity contribution is 5.68. The third kappa shape index (κ3) is 3.33. The van der Waals surface area contributed by atoms with Crippen molar-refractivity contribution in [2.75, 3.05) is 35.8 Å². The van der Waals surface area contributed by atoms with E-state index in [4.69, 9.17) is 0 Å². The molecule has 26 heavy (non-hydrogen) atoms. The van der Waals surface area contributed by atoms with Gasteiger partial charge in [-0.15, -0.1) is 0 Å². The molecule has 1 aromatic heterocycles. The minimum atomic E-state index is 0.802. The number of hydrogen-bond donors (Lipinski definition) is 1. The molecule has 0 atom stereocenters. The van der Waals surface area contributed by atoms with Gasteiger partial charge in [-0.25, -0.2) is 9.97 Å². The first kappa shape index (κ1) is 16.4. The zero-order chi connectivity index (χ0) is 17.9. The van der Waals surface area contributed by atoms with E-state index in [0.29, 0.717) is 0 Å². The van der Waals surface area contributed by atoms with Crippen molar-refractivity contribution in [2.45, 2.75) is 12.8 Å². The lowest BCUT2D eigenvalue weighted by Gasteiger charge is -2.30. The third-order valence-electron chi connectivity index (χ3n) is 4.70. The van der Waals surface area contributed by atoms with Gasteiger partial charge in [-0.2, -0.15) is 0 Å². The number of para-hydroxylation sites is 1. The summed E-state index contributed by atoms with van der Waals surface area (Å²) >= 11 is 0. The topological polar surface area (TPSA) is 44.3 Å². The molecule has 5 heteroatoms. The van der Waals surface area contributed by atoms with Crippen LogP contribution in [-0.2, 0) is 6.42 Å². The maximum atomic E-state index is 4.51. The van der Waals surface area contributed by atoms with E-state index in [1.165, 1.54) is 16.9 Å². The first-order valence-corrected chi connectivity index (χ1v) is 8.92. The second kappa shape index (κ2) is 7.04. The van der Waals surface area contributed by atoms with E-state index in [9.17, 15) is 0 Å². The molecule has 2 heterocycles. The van der Waals surface area contributed by atoms with E-state index in [1.807, 2.05) is 20.2 Å². The second-order valence-electron chi connectivity index (χ2n) is 6.71. The lowest BCUT2D eigenvalue weighted by Crippen LogP contribution is -2.25. The van der Waals surface area contributed by atoms with Crippen molar-refractivity contribution in [3.63, 3.8) is 0 Å². The number of fused-ring (bicyclic) bond motifs is 1. The number of benzene rings is 2. The molecule has 0 saturated heterocycles. The van der Waals surface area contributed by atoms with Crippen LogP contribution in [0.2, 0.25) is 0 Å². The summed E-state index contributed by atoms with van der Waals surface area (Å²) in [6.45, 7) is 0.977. The molecule has 0 bridgehead atoms. The van der Waals surface area contributed by atoms with Crippen LogP contribution in [-0.4, -0.2) is 30.6 Å². The lowest BCUT2D eigenvalue weighted by atomic mass is 10.0. The van der Waals surface area contributed by atoms with Gasteiger partial charge in [0.2, 0.25) is 0 Å². The summed E-state index contributed by atoms with van der Waals surface area (Å²) < 4.78 is 0. The molecule has 2 aromatic carbocycles. The van der Waals surface area contributed by atoms with Gasteiger partial charge >= 0.3 is 0 Å². The summed E-state index contributed by atoms with van der Waals surface area (Å²) in [7, 11) is 4.07. The lowest BCUT2D eigenvalue weighted by molar-refractivity contribution is 0.758. The first-order valence-electron chi connectivity index (χ1n) is 8.92. The second-order valence-corrected chi connectivity index (χ2v) is 6.71. The maximum Gasteiger partial charge on any atom is 0.138 e. The third-order valence-corrected chi connectivity index (χ3v) is 4.70. The normalized spacial score (nSPS) is 13.2. The fraction of sp³-hybridized carbons (Fsp3) is 0.238. The van der Waals surface area contributed by atoms with Gasteiger partial charge in [0.15, 0.2) is 0 Å². The summed E-state index contributed by atoms with van der Waals surface area (Å²) in [6, 6.07) is 18.9. The van der Waals surface area contributed by atoms with Crippen LogP contribution in [0.1, 0.15) is 12.0 Å². The fourth-order valence-electron chi connectivity index (χ4n) is 3.33. The fourth-order valence-corrected chi connectivity index (χ4v) is 3.33. The molecule has 1 aliphatic rings. The predicted molar refractivity (Wildman–Crippen MR) is 108 cm³/mol. The molecule has 4 rings (SSSR count). The van der Waals surface area contributed by atoms with Crippen LogP contribution < -0.4 is 15.1 Å². The van der Waals surface area contributed by atoms with Gasteiger partial charge in [0.05, 0.1) is 0 Å². The summed E-state index contributed by atoms with van der Waals surface area (Å²) in [5.41, 5.74) is 4.81. The highest BCUT2D eigenvalue weighted by atomic mass is 15.2. The van der Waals surface area contributed by atoms with Crippen molar-refractivity contribution in [3.05, 3.63) is 66.5 Å². The monoisotopic (exact) mass is 345 g/mol. The first-order chi connectivity index (χ1) is 12.7. The molecule has 0 spiro atoms. The molecule has 0 aliphatic carbocycles. The van der Waals surface area contributed by atoms with Crippen molar-refractivity contribution in [2.24, 2.45) is 0 Å². The number of aryl methyl sites for hydroxylation is 1. The smallest absolute Gasteiger partial charge is 0.138 e. The molecule has 0 unspecified atom stereocenters. The molecule has 1 aliphatic heterocycles. The Bertz CT molecular complexity index is 889. The SMILES string of the molecule is CN(C)c1ccc(Nc2cc(N3CCCc4ccccc43)ncn2)cc1. The highest BCUT2D eigenvalue weighted by Crippen LogP contribution is 2.33. The van der Waals surface area contributed by atoms with Gasteiger partial charge in [0, 0.05) is 43.8 Å². The number of rotatable bonds is 4. The maximum absolute atomic E-state index is 4.51. The molecular weight excluding hydrogens is 322 g/mol. The van der Waals surface area contributed by atoms with E-state index >= 15 is 0 Å².